The Morgan fingerprint density at radius 2 is 2.05 bits per heavy atom. The Labute approximate surface area is 123 Å². The van der Waals surface area contributed by atoms with Gasteiger partial charge in [0, 0.05) is 19.7 Å². The van der Waals surface area contributed by atoms with Crippen LogP contribution in [-0.2, 0) is 0 Å². The predicted octanol–water partition coefficient (Wildman–Crippen LogP) is 3.23. The van der Waals surface area contributed by atoms with Gasteiger partial charge in [0.15, 0.2) is 0 Å². The van der Waals surface area contributed by atoms with Gasteiger partial charge in [-0.15, -0.1) is 0 Å². The van der Waals surface area contributed by atoms with Gasteiger partial charge >= 0.3 is 0 Å². The van der Waals surface area contributed by atoms with Crippen molar-refractivity contribution in [1.29, 1.82) is 0 Å². The number of halogens is 2. The number of aliphatic hydroxyl groups excluding tert-OH is 1. The van der Waals surface area contributed by atoms with E-state index in [-0.39, 0.29) is 12.5 Å². The number of benzene rings is 1. The topological polar surface area (TPSA) is 40.5 Å². The van der Waals surface area contributed by atoms with Crippen molar-refractivity contribution in [1.82, 2.24) is 4.90 Å². The quantitative estimate of drug-likeness (QED) is 0.931. The van der Waals surface area contributed by atoms with Gasteiger partial charge in [0.25, 0.3) is 5.91 Å². The zero-order valence-corrected chi connectivity index (χ0v) is 12.1. The molecule has 1 N–H and O–H groups in total. The number of piperidine rings is 1. The Kier molecular flexibility index (Phi) is 5.08. The molecule has 5 heteroatoms. The molecule has 1 fully saturated rings. The van der Waals surface area contributed by atoms with Crippen LogP contribution in [0.15, 0.2) is 18.2 Å². The molecule has 1 aromatic carbocycles. The molecule has 2 rings (SSSR count). The average molecular weight is 302 g/mol. The van der Waals surface area contributed by atoms with Crippen LogP contribution in [0.3, 0.4) is 0 Å². The van der Waals surface area contributed by atoms with Crippen LogP contribution >= 0.6 is 23.2 Å². The number of hydrogen-bond acceptors (Lipinski definition) is 2. The summed E-state index contributed by atoms with van der Waals surface area (Å²) in [4.78, 5) is 14.3. The standard InChI is InChI=1S/C14H17Cl2NO2/c15-11-4-1-5-12(16)13(11)14(19)17-7-2-3-10(9-17)6-8-18/h1,4-5,10,18H,2-3,6-9H2. The third-order valence-corrected chi connectivity index (χ3v) is 4.15. The number of rotatable bonds is 3. The molecule has 1 amide bonds. The summed E-state index contributed by atoms with van der Waals surface area (Å²) in [7, 11) is 0. The van der Waals surface area contributed by atoms with Crippen molar-refractivity contribution in [3.8, 4) is 0 Å². The Morgan fingerprint density at radius 1 is 1.37 bits per heavy atom. The van der Waals surface area contributed by atoms with Crippen LogP contribution in [0.2, 0.25) is 10.0 Å². The van der Waals surface area contributed by atoms with Crippen LogP contribution in [0.25, 0.3) is 0 Å². The molecule has 1 unspecified atom stereocenters. The fourth-order valence-corrected chi connectivity index (χ4v) is 3.09. The molecule has 1 aliphatic rings. The first-order chi connectivity index (χ1) is 9.13. The highest BCUT2D eigenvalue weighted by Gasteiger charge is 2.26. The van der Waals surface area contributed by atoms with Crippen molar-refractivity contribution in [3.63, 3.8) is 0 Å². The maximum atomic E-state index is 12.5. The maximum Gasteiger partial charge on any atom is 0.256 e. The van der Waals surface area contributed by atoms with E-state index < -0.39 is 0 Å². The highest BCUT2D eigenvalue weighted by molar-refractivity contribution is 6.39. The fourth-order valence-electron chi connectivity index (χ4n) is 2.53. The van der Waals surface area contributed by atoms with E-state index in [1.54, 1.807) is 23.1 Å². The van der Waals surface area contributed by atoms with Gasteiger partial charge < -0.3 is 10.0 Å². The number of nitrogens with zero attached hydrogens (tertiary/aromatic N) is 1. The normalized spacial score (nSPS) is 19.5. The van der Waals surface area contributed by atoms with E-state index >= 15 is 0 Å². The molecule has 3 nitrogen and oxygen atoms in total. The van der Waals surface area contributed by atoms with Gasteiger partial charge in [-0.25, -0.2) is 0 Å². The first-order valence-corrected chi connectivity index (χ1v) is 7.23. The van der Waals surface area contributed by atoms with Gasteiger partial charge in [0.05, 0.1) is 15.6 Å². The van der Waals surface area contributed by atoms with Gasteiger partial charge in [-0.05, 0) is 37.3 Å². The summed E-state index contributed by atoms with van der Waals surface area (Å²) in [6.07, 6.45) is 2.75. The first-order valence-electron chi connectivity index (χ1n) is 6.47. The lowest BCUT2D eigenvalue weighted by Crippen LogP contribution is -2.40. The summed E-state index contributed by atoms with van der Waals surface area (Å²) in [5.74, 6) is 0.252. The molecule has 0 saturated carbocycles. The van der Waals surface area contributed by atoms with Gasteiger partial charge in [0.1, 0.15) is 0 Å². The van der Waals surface area contributed by atoms with E-state index in [1.807, 2.05) is 0 Å². The summed E-state index contributed by atoms with van der Waals surface area (Å²) >= 11 is 12.1. The Morgan fingerprint density at radius 3 is 2.68 bits per heavy atom. The van der Waals surface area contributed by atoms with E-state index in [4.69, 9.17) is 28.3 Å². The van der Waals surface area contributed by atoms with Gasteiger partial charge in [-0.2, -0.15) is 0 Å². The summed E-state index contributed by atoms with van der Waals surface area (Å²) in [6.45, 7) is 1.56. The molecular formula is C14H17Cl2NO2. The molecule has 0 spiro atoms. The summed E-state index contributed by atoms with van der Waals surface area (Å²) in [5.41, 5.74) is 0.385. The molecule has 1 atom stereocenters. The lowest BCUT2D eigenvalue weighted by molar-refractivity contribution is 0.0654. The van der Waals surface area contributed by atoms with Crippen molar-refractivity contribution < 1.29 is 9.90 Å². The Hall–Kier alpha value is -0.770. The van der Waals surface area contributed by atoms with E-state index in [0.29, 0.717) is 28.1 Å². The monoisotopic (exact) mass is 301 g/mol. The molecule has 1 aliphatic heterocycles. The minimum atomic E-state index is -0.113. The van der Waals surface area contributed by atoms with Gasteiger partial charge in [0.2, 0.25) is 0 Å². The number of aliphatic hydroxyl groups is 1. The number of amides is 1. The highest BCUT2D eigenvalue weighted by Crippen LogP contribution is 2.28. The van der Waals surface area contributed by atoms with Crippen LogP contribution in [-0.4, -0.2) is 35.6 Å². The predicted molar refractivity (Wildman–Crippen MR) is 76.8 cm³/mol. The van der Waals surface area contributed by atoms with Crippen molar-refractivity contribution in [2.24, 2.45) is 5.92 Å². The highest BCUT2D eigenvalue weighted by atomic mass is 35.5. The van der Waals surface area contributed by atoms with Crippen molar-refractivity contribution in [3.05, 3.63) is 33.8 Å². The smallest absolute Gasteiger partial charge is 0.256 e. The molecule has 1 saturated heterocycles. The van der Waals surface area contributed by atoms with Crippen LogP contribution < -0.4 is 0 Å². The molecule has 1 aromatic rings. The molecular weight excluding hydrogens is 285 g/mol. The molecule has 1 heterocycles. The molecule has 0 aromatic heterocycles. The van der Waals surface area contributed by atoms with Crippen LogP contribution in [0, 0.1) is 5.92 Å². The summed E-state index contributed by atoms with van der Waals surface area (Å²) in [6, 6.07) is 5.08. The Balaban J connectivity index is 2.15. The van der Waals surface area contributed by atoms with Crippen molar-refractivity contribution in [2.75, 3.05) is 19.7 Å². The minimum Gasteiger partial charge on any atom is -0.396 e. The maximum absolute atomic E-state index is 12.5. The van der Waals surface area contributed by atoms with Gasteiger partial charge in [-0.3, -0.25) is 4.79 Å². The largest absolute Gasteiger partial charge is 0.396 e. The number of carbonyl (C=O) groups excluding carboxylic acids is 1. The molecule has 0 bridgehead atoms. The summed E-state index contributed by atoms with van der Waals surface area (Å²) in [5, 5.41) is 9.78. The van der Waals surface area contributed by atoms with Crippen LogP contribution in [0.1, 0.15) is 29.6 Å². The number of carbonyl (C=O) groups is 1. The third-order valence-electron chi connectivity index (χ3n) is 3.52. The number of likely N-dealkylation sites (tertiary alicyclic amines) is 1. The molecule has 0 radical (unpaired) electrons. The minimum absolute atomic E-state index is 0.113. The second-order valence-electron chi connectivity index (χ2n) is 4.87. The summed E-state index contributed by atoms with van der Waals surface area (Å²) < 4.78 is 0. The SMILES string of the molecule is O=C(c1c(Cl)cccc1Cl)N1CCCC(CCO)C1. The van der Waals surface area contributed by atoms with E-state index in [1.165, 1.54) is 0 Å². The van der Waals surface area contributed by atoms with Crippen molar-refractivity contribution in [2.45, 2.75) is 19.3 Å². The average Bonchev–Trinajstić information content (AvgIpc) is 2.39. The lowest BCUT2D eigenvalue weighted by atomic mass is 9.94. The van der Waals surface area contributed by atoms with E-state index in [9.17, 15) is 4.79 Å². The second-order valence-corrected chi connectivity index (χ2v) is 5.68. The van der Waals surface area contributed by atoms with Gasteiger partial charge in [-0.1, -0.05) is 29.3 Å². The third kappa shape index (κ3) is 3.41. The van der Waals surface area contributed by atoms with Crippen molar-refractivity contribution >= 4 is 29.1 Å². The van der Waals surface area contributed by atoms with Crippen LogP contribution in [0.4, 0.5) is 0 Å². The van der Waals surface area contributed by atoms with E-state index in [0.717, 1.165) is 25.8 Å². The molecule has 19 heavy (non-hydrogen) atoms. The zero-order valence-electron chi connectivity index (χ0n) is 10.6. The lowest BCUT2D eigenvalue weighted by Gasteiger charge is -2.33. The zero-order chi connectivity index (χ0) is 13.8. The second kappa shape index (κ2) is 6.60. The Bertz CT molecular complexity index is 443. The van der Waals surface area contributed by atoms with Crippen LogP contribution in [0.5, 0.6) is 0 Å². The molecule has 104 valence electrons. The van der Waals surface area contributed by atoms with E-state index in [2.05, 4.69) is 0 Å². The first kappa shape index (κ1) is 14.6. The number of hydrogen-bond donors (Lipinski definition) is 1. The fraction of sp³-hybridized carbons (Fsp3) is 0.500. The molecule has 0 aliphatic carbocycles.